The third kappa shape index (κ3) is 2.11. The van der Waals surface area contributed by atoms with Crippen molar-refractivity contribution >= 4 is 25.8 Å². The molecule has 0 amide bonds. The van der Waals surface area contributed by atoms with E-state index in [0.717, 1.165) is 10.0 Å². The third-order valence-electron chi connectivity index (χ3n) is 3.83. The van der Waals surface area contributed by atoms with Crippen molar-refractivity contribution in [3.05, 3.63) is 34.3 Å². The first-order chi connectivity index (χ1) is 8.36. The van der Waals surface area contributed by atoms with Gasteiger partial charge in [0.1, 0.15) is 0 Å². The molecule has 0 bridgehead atoms. The minimum atomic E-state index is -3.14. The average Bonchev–Trinajstić information content (AvgIpc) is 3.00. The van der Waals surface area contributed by atoms with Gasteiger partial charge in [-0.3, -0.25) is 0 Å². The van der Waals surface area contributed by atoms with Crippen molar-refractivity contribution in [2.24, 2.45) is 16.9 Å². The Kier molecular flexibility index (Phi) is 3.57. The van der Waals surface area contributed by atoms with E-state index in [1.165, 1.54) is 6.26 Å². The van der Waals surface area contributed by atoms with E-state index in [2.05, 4.69) is 15.9 Å². The van der Waals surface area contributed by atoms with Crippen LogP contribution in [0.25, 0.3) is 0 Å². The van der Waals surface area contributed by atoms with E-state index < -0.39 is 20.5 Å². The van der Waals surface area contributed by atoms with Gasteiger partial charge in [-0.15, -0.1) is 0 Å². The average molecular weight is 333 g/mol. The summed E-state index contributed by atoms with van der Waals surface area (Å²) in [5.41, 5.74) is 12.0. The Morgan fingerprint density at radius 1 is 1.22 bits per heavy atom. The zero-order valence-electron chi connectivity index (χ0n) is 10.1. The van der Waals surface area contributed by atoms with Crippen LogP contribution in [0.1, 0.15) is 11.5 Å². The molecule has 2 unspecified atom stereocenters. The van der Waals surface area contributed by atoms with Crippen LogP contribution in [0, 0.1) is 5.41 Å². The molecule has 1 aliphatic carbocycles. The number of benzene rings is 1. The van der Waals surface area contributed by atoms with E-state index in [1.54, 1.807) is 0 Å². The topological polar surface area (TPSA) is 86.2 Å². The molecule has 0 spiro atoms. The van der Waals surface area contributed by atoms with Crippen LogP contribution in [-0.2, 0) is 9.84 Å². The first kappa shape index (κ1) is 14.0. The highest BCUT2D eigenvalue weighted by atomic mass is 79.9. The fourth-order valence-electron chi connectivity index (χ4n) is 2.87. The maximum Gasteiger partial charge on any atom is 0.151 e. The standard InChI is InChI=1S/C12H17BrN2O2S/c1-18(16,17)11-10(12(11,6-14)7-15)8-2-4-9(13)5-3-8/h2-5,10-11H,6-7,14-15H2,1H3. The Morgan fingerprint density at radius 3 is 2.06 bits per heavy atom. The van der Waals surface area contributed by atoms with Crippen molar-refractivity contribution in [2.45, 2.75) is 11.2 Å². The zero-order chi connectivity index (χ0) is 13.6. The molecular weight excluding hydrogens is 316 g/mol. The lowest BCUT2D eigenvalue weighted by molar-refractivity contribution is 0.511. The smallest absolute Gasteiger partial charge is 0.151 e. The van der Waals surface area contributed by atoms with Crippen molar-refractivity contribution < 1.29 is 8.42 Å². The first-order valence-corrected chi connectivity index (χ1v) is 8.46. The summed E-state index contributed by atoms with van der Waals surface area (Å²) in [6.07, 6.45) is 1.26. The monoisotopic (exact) mass is 332 g/mol. The normalized spacial score (nSPS) is 26.0. The zero-order valence-corrected chi connectivity index (χ0v) is 12.5. The Bertz CT molecular complexity index is 538. The number of sulfone groups is 1. The molecule has 0 aliphatic heterocycles. The minimum absolute atomic E-state index is 0.0874. The highest BCUT2D eigenvalue weighted by Gasteiger charge is 2.68. The molecule has 0 radical (unpaired) electrons. The van der Waals surface area contributed by atoms with E-state index in [1.807, 2.05) is 24.3 Å². The van der Waals surface area contributed by atoms with Crippen molar-refractivity contribution in [2.75, 3.05) is 19.3 Å². The van der Waals surface area contributed by atoms with Gasteiger partial charge in [0.2, 0.25) is 0 Å². The van der Waals surface area contributed by atoms with Gasteiger partial charge < -0.3 is 11.5 Å². The first-order valence-electron chi connectivity index (χ1n) is 5.71. The van der Waals surface area contributed by atoms with Crippen LogP contribution in [0.3, 0.4) is 0 Å². The Morgan fingerprint density at radius 2 is 1.72 bits per heavy atom. The molecule has 1 aliphatic rings. The van der Waals surface area contributed by atoms with Gasteiger partial charge in [-0.1, -0.05) is 28.1 Å². The van der Waals surface area contributed by atoms with Crippen LogP contribution in [0.15, 0.2) is 28.7 Å². The maximum atomic E-state index is 11.9. The molecule has 2 rings (SSSR count). The van der Waals surface area contributed by atoms with Gasteiger partial charge in [-0.25, -0.2) is 8.42 Å². The number of hydrogen-bond donors (Lipinski definition) is 2. The minimum Gasteiger partial charge on any atom is -0.330 e. The summed E-state index contributed by atoms with van der Waals surface area (Å²) in [6, 6.07) is 7.68. The van der Waals surface area contributed by atoms with Crippen LogP contribution in [0.2, 0.25) is 0 Å². The molecule has 1 aromatic carbocycles. The Hall–Kier alpha value is -0.430. The number of hydrogen-bond acceptors (Lipinski definition) is 4. The quantitative estimate of drug-likeness (QED) is 0.856. The van der Waals surface area contributed by atoms with E-state index in [-0.39, 0.29) is 5.92 Å². The fraction of sp³-hybridized carbons (Fsp3) is 0.500. The van der Waals surface area contributed by atoms with Crippen LogP contribution >= 0.6 is 15.9 Å². The molecule has 6 heteroatoms. The van der Waals surface area contributed by atoms with Gasteiger partial charge in [-0.05, 0) is 17.7 Å². The number of nitrogens with two attached hydrogens (primary N) is 2. The predicted molar refractivity (Wildman–Crippen MR) is 76.1 cm³/mol. The van der Waals surface area contributed by atoms with Crippen LogP contribution in [0.4, 0.5) is 0 Å². The molecule has 4 N–H and O–H groups in total. The molecule has 18 heavy (non-hydrogen) atoms. The second-order valence-corrected chi connectivity index (χ2v) is 8.00. The van der Waals surface area contributed by atoms with Crippen molar-refractivity contribution in [1.82, 2.24) is 0 Å². The molecule has 1 aromatic rings. The second kappa shape index (κ2) is 4.59. The summed E-state index contributed by atoms with van der Waals surface area (Å²) in [5, 5.41) is -0.457. The number of rotatable bonds is 4. The van der Waals surface area contributed by atoms with E-state index in [9.17, 15) is 8.42 Å². The van der Waals surface area contributed by atoms with Crippen molar-refractivity contribution in [3.63, 3.8) is 0 Å². The molecule has 1 fully saturated rings. The lowest BCUT2D eigenvalue weighted by atomic mass is 9.99. The lowest BCUT2D eigenvalue weighted by Gasteiger charge is -2.12. The summed E-state index contributed by atoms with van der Waals surface area (Å²) in [5.74, 6) is -0.0874. The fourth-order valence-corrected chi connectivity index (χ4v) is 5.17. The summed E-state index contributed by atoms with van der Waals surface area (Å²) in [4.78, 5) is 0. The summed E-state index contributed by atoms with van der Waals surface area (Å²) < 4.78 is 24.7. The molecule has 4 nitrogen and oxygen atoms in total. The third-order valence-corrected chi connectivity index (χ3v) is 6.02. The van der Waals surface area contributed by atoms with Crippen LogP contribution in [0.5, 0.6) is 0 Å². The molecule has 2 atom stereocenters. The molecular formula is C12H17BrN2O2S. The van der Waals surface area contributed by atoms with E-state index in [0.29, 0.717) is 13.1 Å². The lowest BCUT2D eigenvalue weighted by Crippen LogP contribution is -2.31. The molecule has 100 valence electrons. The summed E-state index contributed by atoms with van der Waals surface area (Å²) >= 11 is 3.36. The summed E-state index contributed by atoms with van der Waals surface area (Å²) in [7, 11) is -3.14. The van der Waals surface area contributed by atoms with Gasteiger partial charge >= 0.3 is 0 Å². The van der Waals surface area contributed by atoms with Gasteiger partial charge in [0.05, 0.1) is 5.25 Å². The summed E-state index contributed by atoms with van der Waals surface area (Å²) in [6.45, 7) is 0.587. The number of halogens is 1. The largest absolute Gasteiger partial charge is 0.330 e. The highest BCUT2D eigenvalue weighted by Crippen LogP contribution is 2.61. The van der Waals surface area contributed by atoms with Crippen LogP contribution in [-0.4, -0.2) is 33.0 Å². The van der Waals surface area contributed by atoms with E-state index >= 15 is 0 Å². The second-order valence-electron chi connectivity index (χ2n) is 4.92. The van der Waals surface area contributed by atoms with Crippen molar-refractivity contribution in [1.29, 1.82) is 0 Å². The van der Waals surface area contributed by atoms with Crippen molar-refractivity contribution in [3.8, 4) is 0 Å². The predicted octanol–water partition coefficient (Wildman–Crippen LogP) is 0.863. The maximum absolute atomic E-state index is 11.9. The van der Waals surface area contributed by atoms with Gasteiger partial charge in [0.25, 0.3) is 0 Å². The van der Waals surface area contributed by atoms with Gasteiger partial charge in [-0.2, -0.15) is 0 Å². The molecule has 0 saturated heterocycles. The SMILES string of the molecule is CS(=O)(=O)C1C(c2ccc(Br)cc2)C1(CN)CN. The Labute approximate surface area is 116 Å². The van der Waals surface area contributed by atoms with E-state index in [4.69, 9.17) is 11.5 Å². The molecule has 1 saturated carbocycles. The van der Waals surface area contributed by atoms with Gasteiger partial charge in [0.15, 0.2) is 9.84 Å². The Balaban J connectivity index is 2.41. The molecule has 0 heterocycles. The molecule has 0 aromatic heterocycles. The van der Waals surface area contributed by atoms with Crippen LogP contribution < -0.4 is 11.5 Å². The highest BCUT2D eigenvalue weighted by molar-refractivity contribution is 9.10. The van der Waals surface area contributed by atoms with Gasteiger partial charge in [0, 0.05) is 35.2 Å².